The highest BCUT2D eigenvalue weighted by Gasteiger charge is 2.35. The van der Waals surface area contributed by atoms with Crippen LogP contribution < -0.4 is 0 Å². The number of ether oxygens (including phenoxy) is 1. The number of carbonyl (C=O) groups is 2. The summed E-state index contributed by atoms with van der Waals surface area (Å²) in [6, 6.07) is 9.82. The van der Waals surface area contributed by atoms with Crippen molar-refractivity contribution in [1.29, 1.82) is 0 Å². The van der Waals surface area contributed by atoms with E-state index in [-0.39, 0.29) is 35.6 Å². The molecule has 1 aromatic heterocycles. The first-order chi connectivity index (χ1) is 17.2. The molecule has 1 fully saturated rings. The Labute approximate surface area is 216 Å². The molecule has 194 valence electrons. The van der Waals surface area contributed by atoms with Gasteiger partial charge in [-0.05, 0) is 34.6 Å². The molecular formula is C27H35FN4O3S. The molecule has 0 N–H and O–H groups in total. The number of hydrogen-bond donors (Lipinski definition) is 0. The van der Waals surface area contributed by atoms with Crippen LogP contribution in [0.2, 0.25) is 0 Å². The van der Waals surface area contributed by atoms with Crippen molar-refractivity contribution in [2.45, 2.75) is 39.7 Å². The normalized spacial score (nSPS) is 18.8. The van der Waals surface area contributed by atoms with Crippen LogP contribution in [0.15, 0.2) is 46.9 Å². The molecule has 9 heteroatoms. The number of rotatable bonds is 8. The van der Waals surface area contributed by atoms with Gasteiger partial charge in [0.25, 0.3) is 5.91 Å². The summed E-state index contributed by atoms with van der Waals surface area (Å²) in [5, 5.41) is 8.17. The van der Waals surface area contributed by atoms with Crippen LogP contribution in [0.5, 0.6) is 0 Å². The first kappa shape index (κ1) is 26.4. The summed E-state index contributed by atoms with van der Waals surface area (Å²) in [7, 11) is 0. The van der Waals surface area contributed by atoms with Gasteiger partial charge < -0.3 is 9.64 Å². The molecule has 36 heavy (non-hydrogen) atoms. The minimum Gasteiger partial charge on any atom is -0.379 e. The molecular weight excluding hydrogens is 479 g/mol. The first-order valence-corrected chi connectivity index (χ1v) is 13.3. The number of halogens is 1. The number of amides is 2. The summed E-state index contributed by atoms with van der Waals surface area (Å²) in [4.78, 5) is 31.9. The molecule has 2 amide bonds. The maximum atomic E-state index is 13.7. The molecule has 1 atom stereocenters. The van der Waals surface area contributed by atoms with Crippen molar-refractivity contribution in [3.05, 3.63) is 58.0 Å². The van der Waals surface area contributed by atoms with Crippen LogP contribution >= 0.6 is 11.3 Å². The molecule has 1 saturated heterocycles. The molecule has 1 aromatic carbocycles. The second-order valence-corrected chi connectivity index (χ2v) is 11.5. The van der Waals surface area contributed by atoms with Crippen LogP contribution in [-0.4, -0.2) is 78.3 Å². The quantitative estimate of drug-likeness (QED) is 0.531. The second-order valence-electron chi connectivity index (χ2n) is 10.5. The predicted molar refractivity (Wildman–Crippen MR) is 139 cm³/mol. The minimum absolute atomic E-state index is 0.0379. The Morgan fingerprint density at radius 3 is 2.53 bits per heavy atom. The van der Waals surface area contributed by atoms with E-state index in [1.54, 1.807) is 28.4 Å². The van der Waals surface area contributed by atoms with Crippen LogP contribution in [0.3, 0.4) is 0 Å². The van der Waals surface area contributed by atoms with E-state index in [0.29, 0.717) is 39.1 Å². The van der Waals surface area contributed by atoms with Gasteiger partial charge in [0.15, 0.2) is 0 Å². The lowest BCUT2D eigenvalue weighted by Gasteiger charge is -2.32. The molecule has 0 aliphatic carbocycles. The second kappa shape index (κ2) is 11.6. The monoisotopic (exact) mass is 514 g/mol. The molecule has 0 bridgehead atoms. The zero-order chi connectivity index (χ0) is 25.7. The van der Waals surface area contributed by atoms with Gasteiger partial charge in [0.1, 0.15) is 12.4 Å². The van der Waals surface area contributed by atoms with Crippen LogP contribution in [-0.2, 0) is 14.3 Å². The zero-order valence-corrected chi connectivity index (χ0v) is 22.1. The topological polar surface area (TPSA) is 65.5 Å². The molecule has 2 aromatic rings. The van der Waals surface area contributed by atoms with E-state index in [1.807, 2.05) is 38.3 Å². The van der Waals surface area contributed by atoms with Crippen molar-refractivity contribution < 1.29 is 18.7 Å². The fraction of sp³-hybridized carbons (Fsp3) is 0.519. The van der Waals surface area contributed by atoms with Crippen molar-refractivity contribution in [3.8, 4) is 0 Å². The molecule has 0 saturated carbocycles. The SMILES string of the molecule is CC(C)(C)CC(=O)N(CCN1CCOCC1)CC(=O)N1N=C(c2cccs2)C[C@H]1c1ccc(F)cc1. The Kier molecular flexibility index (Phi) is 8.54. The maximum absolute atomic E-state index is 13.7. The highest BCUT2D eigenvalue weighted by molar-refractivity contribution is 7.12. The predicted octanol–water partition coefficient (Wildman–Crippen LogP) is 4.16. The van der Waals surface area contributed by atoms with Gasteiger partial charge in [-0.1, -0.05) is 39.0 Å². The number of carbonyl (C=O) groups excluding carboxylic acids is 2. The van der Waals surface area contributed by atoms with E-state index >= 15 is 0 Å². The van der Waals surface area contributed by atoms with Gasteiger partial charge in [0.2, 0.25) is 5.91 Å². The molecule has 0 radical (unpaired) electrons. The molecule has 2 aliphatic heterocycles. The lowest BCUT2D eigenvalue weighted by atomic mass is 9.91. The van der Waals surface area contributed by atoms with Crippen molar-refractivity contribution in [2.75, 3.05) is 45.9 Å². The number of hydrazone groups is 1. The molecule has 7 nitrogen and oxygen atoms in total. The average Bonchev–Trinajstić information content (AvgIpc) is 3.52. The lowest BCUT2D eigenvalue weighted by molar-refractivity contribution is -0.142. The Bertz CT molecular complexity index is 1060. The third-order valence-corrected chi connectivity index (χ3v) is 7.30. The standard InChI is InChI=1S/C27H35FN4O3S/c1-27(2,3)18-25(33)31(11-10-30-12-14-35-15-13-30)19-26(34)32-23(20-6-8-21(28)9-7-20)17-22(29-32)24-5-4-16-36-24/h4-9,16,23H,10-15,17-19H2,1-3H3/t23-/m0/s1. The van der Waals surface area contributed by atoms with Crippen molar-refractivity contribution in [3.63, 3.8) is 0 Å². The Morgan fingerprint density at radius 2 is 1.89 bits per heavy atom. The highest BCUT2D eigenvalue weighted by Crippen LogP contribution is 2.34. The summed E-state index contributed by atoms with van der Waals surface area (Å²) < 4.78 is 19.0. The van der Waals surface area contributed by atoms with Gasteiger partial charge in [0, 0.05) is 39.0 Å². The van der Waals surface area contributed by atoms with Gasteiger partial charge >= 0.3 is 0 Å². The summed E-state index contributed by atoms with van der Waals surface area (Å²) in [5.74, 6) is -0.597. The van der Waals surface area contributed by atoms with Crippen molar-refractivity contribution in [1.82, 2.24) is 14.8 Å². The van der Waals surface area contributed by atoms with Gasteiger partial charge in [0.05, 0.1) is 29.8 Å². The lowest BCUT2D eigenvalue weighted by Crippen LogP contribution is -2.47. The Hall–Kier alpha value is -2.62. The van der Waals surface area contributed by atoms with Gasteiger partial charge in [-0.2, -0.15) is 5.10 Å². The molecule has 3 heterocycles. The van der Waals surface area contributed by atoms with Crippen LogP contribution in [0, 0.1) is 11.2 Å². The molecule has 0 spiro atoms. The maximum Gasteiger partial charge on any atom is 0.262 e. The number of morpholine rings is 1. The van der Waals surface area contributed by atoms with E-state index in [2.05, 4.69) is 4.90 Å². The van der Waals surface area contributed by atoms with Crippen LogP contribution in [0.25, 0.3) is 0 Å². The van der Waals surface area contributed by atoms with Gasteiger partial charge in [-0.25, -0.2) is 9.40 Å². The number of hydrogen-bond acceptors (Lipinski definition) is 6. The fourth-order valence-corrected chi connectivity index (χ4v) is 5.18. The number of nitrogens with zero attached hydrogens (tertiary/aromatic N) is 4. The Morgan fingerprint density at radius 1 is 1.17 bits per heavy atom. The zero-order valence-electron chi connectivity index (χ0n) is 21.3. The molecule has 4 rings (SSSR count). The molecule has 2 aliphatic rings. The van der Waals surface area contributed by atoms with Gasteiger partial charge in [-0.15, -0.1) is 11.3 Å². The van der Waals surface area contributed by atoms with E-state index in [9.17, 15) is 14.0 Å². The van der Waals surface area contributed by atoms with Crippen molar-refractivity contribution in [2.24, 2.45) is 10.5 Å². The van der Waals surface area contributed by atoms with E-state index in [4.69, 9.17) is 9.84 Å². The van der Waals surface area contributed by atoms with Crippen LogP contribution in [0.4, 0.5) is 4.39 Å². The van der Waals surface area contributed by atoms with Gasteiger partial charge in [-0.3, -0.25) is 14.5 Å². The van der Waals surface area contributed by atoms with E-state index in [1.165, 1.54) is 17.1 Å². The molecule has 0 unspecified atom stereocenters. The summed E-state index contributed by atoms with van der Waals surface area (Å²) in [5.41, 5.74) is 1.46. The fourth-order valence-electron chi connectivity index (χ4n) is 4.46. The highest BCUT2D eigenvalue weighted by atomic mass is 32.1. The first-order valence-electron chi connectivity index (χ1n) is 12.5. The van der Waals surface area contributed by atoms with E-state index in [0.717, 1.165) is 29.2 Å². The third kappa shape index (κ3) is 6.99. The minimum atomic E-state index is -0.339. The Balaban J connectivity index is 1.53. The summed E-state index contributed by atoms with van der Waals surface area (Å²) in [6.07, 6.45) is 0.899. The summed E-state index contributed by atoms with van der Waals surface area (Å²) >= 11 is 1.57. The number of thiophene rings is 1. The smallest absolute Gasteiger partial charge is 0.262 e. The van der Waals surface area contributed by atoms with Crippen LogP contribution in [0.1, 0.15) is 50.1 Å². The van der Waals surface area contributed by atoms with E-state index < -0.39 is 0 Å². The third-order valence-electron chi connectivity index (χ3n) is 6.38. The number of benzene rings is 1. The largest absolute Gasteiger partial charge is 0.379 e. The van der Waals surface area contributed by atoms with Crippen molar-refractivity contribution >= 4 is 28.9 Å². The average molecular weight is 515 g/mol. The summed E-state index contributed by atoms with van der Waals surface area (Å²) in [6.45, 7) is 10.2.